The van der Waals surface area contributed by atoms with Gasteiger partial charge in [0.25, 0.3) is 0 Å². The Balaban J connectivity index is 1.47. The monoisotopic (exact) mass is 455 g/mol. The van der Waals surface area contributed by atoms with Crippen molar-refractivity contribution in [3.8, 4) is 11.1 Å². The molecule has 3 aromatic carbocycles. The van der Waals surface area contributed by atoms with Crippen LogP contribution in [0.25, 0.3) is 11.1 Å². The number of rotatable bonds is 7. The van der Waals surface area contributed by atoms with Gasteiger partial charge in [-0.3, -0.25) is 4.79 Å². The Morgan fingerprint density at radius 2 is 1.58 bits per heavy atom. The molecule has 1 aliphatic rings. The summed E-state index contributed by atoms with van der Waals surface area (Å²) in [5.41, 5.74) is 2.79. The maximum atomic E-state index is 13.2. The molecule has 0 N–H and O–H groups in total. The van der Waals surface area contributed by atoms with Gasteiger partial charge in [-0.15, -0.1) is 11.8 Å². The van der Waals surface area contributed by atoms with E-state index in [2.05, 4.69) is 0 Å². The van der Waals surface area contributed by atoms with Crippen molar-refractivity contribution in [2.75, 3.05) is 12.3 Å². The van der Waals surface area contributed by atoms with Gasteiger partial charge < -0.3 is 0 Å². The number of nitrogens with zero attached hydrogens (tertiary/aromatic N) is 1. The number of aryl methyl sites for hydroxylation is 1. The Morgan fingerprint density at radius 1 is 0.935 bits per heavy atom. The molecule has 0 bridgehead atoms. The molecular weight excluding hydrogens is 433 g/mol. The lowest BCUT2D eigenvalue weighted by molar-refractivity contribution is -0.120. The van der Waals surface area contributed by atoms with Gasteiger partial charge in [0.2, 0.25) is 10.0 Å². The molecule has 0 aromatic heterocycles. The van der Waals surface area contributed by atoms with Crippen molar-refractivity contribution >= 4 is 27.6 Å². The highest BCUT2D eigenvalue weighted by atomic mass is 32.2. The molecule has 3 aromatic rings. The highest BCUT2D eigenvalue weighted by molar-refractivity contribution is 8.02. The van der Waals surface area contributed by atoms with Crippen molar-refractivity contribution in [1.29, 1.82) is 0 Å². The van der Waals surface area contributed by atoms with Crippen LogP contribution in [-0.4, -0.2) is 36.2 Å². The standard InChI is InChI=1S/C24H22FNO3S2/c25-21-11-6-18(7-12-21)8-15-23(27)24-26(16-17-30-24)31(28,29)22-13-9-20(10-14-22)19-4-2-1-3-5-19/h1-7,9-14,24H,8,15-17H2. The van der Waals surface area contributed by atoms with Gasteiger partial charge in [0.15, 0.2) is 5.78 Å². The number of hydrogen-bond acceptors (Lipinski definition) is 4. The summed E-state index contributed by atoms with van der Waals surface area (Å²) in [6.07, 6.45) is 0.665. The molecule has 0 radical (unpaired) electrons. The first-order valence-corrected chi connectivity index (χ1v) is 12.5. The van der Waals surface area contributed by atoms with Crippen LogP contribution in [0.4, 0.5) is 4.39 Å². The molecule has 1 saturated heterocycles. The molecule has 0 amide bonds. The second-order valence-corrected chi connectivity index (χ2v) is 10.4. The highest BCUT2D eigenvalue weighted by Crippen LogP contribution is 2.32. The van der Waals surface area contributed by atoms with Gasteiger partial charge in [-0.1, -0.05) is 54.6 Å². The number of sulfonamides is 1. The van der Waals surface area contributed by atoms with Gasteiger partial charge >= 0.3 is 0 Å². The fourth-order valence-electron chi connectivity index (χ4n) is 3.58. The Kier molecular flexibility index (Phi) is 6.55. The third-order valence-electron chi connectivity index (χ3n) is 5.27. The van der Waals surface area contributed by atoms with E-state index >= 15 is 0 Å². The Morgan fingerprint density at radius 3 is 2.26 bits per heavy atom. The van der Waals surface area contributed by atoms with Crippen LogP contribution in [0.2, 0.25) is 0 Å². The van der Waals surface area contributed by atoms with E-state index in [1.807, 2.05) is 30.3 Å². The molecule has 1 aliphatic heterocycles. The zero-order chi connectivity index (χ0) is 21.8. The average molecular weight is 456 g/mol. The van der Waals surface area contributed by atoms with E-state index in [0.717, 1.165) is 16.7 Å². The quantitative estimate of drug-likeness (QED) is 0.516. The van der Waals surface area contributed by atoms with Gasteiger partial charge in [0.1, 0.15) is 11.2 Å². The molecule has 4 rings (SSSR count). The predicted molar refractivity (Wildman–Crippen MR) is 122 cm³/mol. The predicted octanol–water partition coefficient (Wildman–Crippen LogP) is 4.76. The molecule has 0 spiro atoms. The maximum Gasteiger partial charge on any atom is 0.244 e. The lowest BCUT2D eigenvalue weighted by Crippen LogP contribution is -2.39. The number of benzene rings is 3. The van der Waals surface area contributed by atoms with Crippen LogP contribution in [0.3, 0.4) is 0 Å². The normalized spacial score (nSPS) is 17.0. The first kappa shape index (κ1) is 21.7. The first-order valence-electron chi connectivity index (χ1n) is 10.0. The molecule has 1 atom stereocenters. The molecule has 1 heterocycles. The molecule has 0 saturated carbocycles. The van der Waals surface area contributed by atoms with Crippen molar-refractivity contribution in [2.45, 2.75) is 23.1 Å². The van der Waals surface area contributed by atoms with Crippen molar-refractivity contribution in [3.05, 3.63) is 90.2 Å². The number of hydrogen-bond donors (Lipinski definition) is 0. The average Bonchev–Trinajstić information content (AvgIpc) is 3.30. The van der Waals surface area contributed by atoms with Crippen molar-refractivity contribution < 1.29 is 17.6 Å². The number of ketones is 1. The molecule has 1 fully saturated rings. The zero-order valence-electron chi connectivity index (χ0n) is 16.8. The van der Waals surface area contributed by atoms with Gasteiger partial charge in [0.05, 0.1) is 4.90 Å². The summed E-state index contributed by atoms with van der Waals surface area (Å²) in [5.74, 6) is 0.127. The largest absolute Gasteiger partial charge is 0.297 e. The number of thioether (sulfide) groups is 1. The lowest BCUT2D eigenvalue weighted by atomic mass is 10.1. The van der Waals surface area contributed by atoms with E-state index < -0.39 is 15.4 Å². The van der Waals surface area contributed by atoms with E-state index in [1.165, 1.54) is 28.2 Å². The number of carbonyl (C=O) groups excluding carboxylic acids is 1. The van der Waals surface area contributed by atoms with Crippen LogP contribution in [0.1, 0.15) is 12.0 Å². The minimum absolute atomic E-state index is 0.128. The summed E-state index contributed by atoms with van der Waals surface area (Å²) >= 11 is 1.35. The fraction of sp³-hybridized carbons (Fsp3) is 0.208. The molecular formula is C24H22FNO3S2. The lowest BCUT2D eigenvalue weighted by Gasteiger charge is -2.22. The molecule has 1 unspecified atom stereocenters. The summed E-state index contributed by atoms with van der Waals surface area (Å²) in [6.45, 7) is 0.306. The molecule has 7 heteroatoms. The summed E-state index contributed by atoms with van der Waals surface area (Å²) in [6, 6.07) is 22.5. The minimum atomic E-state index is -3.78. The van der Waals surface area contributed by atoms with Crippen molar-refractivity contribution in [3.63, 3.8) is 0 Å². The smallest absolute Gasteiger partial charge is 0.244 e. The fourth-order valence-corrected chi connectivity index (χ4v) is 6.77. The number of halogens is 1. The minimum Gasteiger partial charge on any atom is -0.297 e. The maximum absolute atomic E-state index is 13.2. The van der Waals surface area contributed by atoms with Crippen LogP contribution in [0.15, 0.2) is 83.8 Å². The van der Waals surface area contributed by atoms with Gasteiger partial charge in [-0.25, -0.2) is 12.8 Å². The number of Topliss-reactive ketones (excluding diaryl/α,β-unsaturated/α-hetero) is 1. The van der Waals surface area contributed by atoms with Crippen LogP contribution < -0.4 is 0 Å². The molecule has 0 aliphatic carbocycles. The number of carbonyl (C=O) groups is 1. The van der Waals surface area contributed by atoms with E-state index in [0.29, 0.717) is 18.7 Å². The SMILES string of the molecule is O=C(CCc1ccc(F)cc1)C1SCCN1S(=O)(=O)c1ccc(-c2ccccc2)cc1. The Hall–Kier alpha value is -2.48. The second-order valence-electron chi connectivity index (χ2n) is 7.32. The van der Waals surface area contributed by atoms with Crippen LogP contribution in [0.5, 0.6) is 0 Å². The second kappa shape index (κ2) is 9.34. The summed E-state index contributed by atoms with van der Waals surface area (Å²) < 4.78 is 40.8. The van der Waals surface area contributed by atoms with Crippen LogP contribution in [0, 0.1) is 5.82 Å². The molecule has 160 valence electrons. The topological polar surface area (TPSA) is 54.5 Å². The van der Waals surface area contributed by atoms with Gasteiger partial charge in [-0.05, 0) is 47.4 Å². The van der Waals surface area contributed by atoms with E-state index in [9.17, 15) is 17.6 Å². The summed E-state index contributed by atoms with van der Waals surface area (Å²) in [4.78, 5) is 13.0. The van der Waals surface area contributed by atoms with E-state index in [1.54, 1.807) is 36.4 Å². The third-order valence-corrected chi connectivity index (χ3v) is 8.53. The Bertz CT molecular complexity index is 1150. The van der Waals surface area contributed by atoms with Crippen molar-refractivity contribution in [2.24, 2.45) is 0 Å². The van der Waals surface area contributed by atoms with Gasteiger partial charge in [0, 0.05) is 18.7 Å². The zero-order valence-corrected chi connectivity index (χ0v) is 18.4. The third kappa shape index (κ3) is 4.89. The van der Waals surface area contributed by atoms with Crippen LogP contribution >= 0.6 is 11.8 Å². The summed E-state index contributed by atoms with van der Waals surface area (Å²) in [5, 5.41) is -0.723. The molecule has 31 heavy (non-hydrogen) atoms. The van der Waals surface area contributed by atoms with Crippen LogP contribution in [-0.2, 0) is 21.2 Å². The Labute approximate surface area is 186 Å². The van der Waals surface area contributed by atoms with E-state index in [-0.39, 0.29) is 22.9 Å². The van der Waals surface area contributed by atoms with E-state index in [4.69, 9.17) is 0 Å². The molecule has 4 nitrogen and oxygen atoms in total. The first-order chi connectivity index (χ1) is 14.9. The highest BCUT2D eigenvalue weighted by Gasteiger charge is 2.39. The van der Waals surface area contributed by atoms with Gasteiger partial charge in [-0.2, -0.15) is 4.31 Å². The summed E-state index contributed by atoms with van der Waals surface area (Å²) in [7, 11) is -3.78. The van der Waals surface area contributed by atoms with Crippen molar-refractivity contribution in [1.82, 2.24) is 4.31 Å².